The number of pyridine rings is 1. The van der Waals surface area contributed by atoms with Crippen LogP contribution in [0.5, 0.6) is 0 Å². The van der Waals surface area contributed by atoms with Crippen molar-refractivity contribution in [1.82, 2.24) is 9.88 Å². The Morgan fingerprint density at radius 1 is 1.39 bits per heavy atom. The number of hydrogen-bond acceptors (Lipinski definition) is 4. The van der Waals surface area contributed by atoms with E-state index in [1.807, 2.05) is 12.1 Å². The molecule has 2 heterocycles. The van der Waals surface area contributed by atoms with E-state index in [1.165, 1.54) is 19.3 Å². The highest BCUT2D eigenvalue weighted by molar-refractivity contribution is 5.10. The summed E-state index contributed by atoms with van der Waals surface area (Å²) in [5, 5.41) is 0. The van der Waals surface area contributed by atoms with Gasteiger partial charge in [-0.3, -0.25) is 9.88 Å². The van der Waals surface area contributed by atoms with Crippen molar-refractivity contribution in [3.8, 4) is 0 Å². The van der Waals surface area contributed by atoms with Gasteiger partial charge in [-0.2, -0.15) is 0 Å². The molecule has 0 aromatic carbocycles. The number of nitrogens with zero attached hydrogens (tertiary/aromatic N) is 2. The summed E-state index contributed by atoms with van der Waals surface area (Å²) in [5.74, 6) is 0. The Hall–Kier alpha value is -0.970. The van der Waals surface area contributed by atoms with Crippen LogP contribution in [0, 0.1) is 0 Å². The van der Waals surface area contributed by atoms with Crippen molar-refractivity contribution in [2.75, 3.05) is 20.2 Å². The van der Waals surface area contributed by atoms with Crippen LogP contribution in [-0.4, -0.2) is 36.2 Å². The number of likely N-dealkylation sites (N-methyl/N-ethyl adjacent to an activating group) is 1. The molecule has 2 N–H and O–H groups in total. The highest BCUT2D eigenvalue weighted by atomic mass is 16.5. The van der Waals surface area contributed by atoms with Gasteiger partial charge in [-0.1, -0.05) is 6.07 Å². The van der Waals surface area contributed by atoms with Crippen molar-refractivity contribution in [3.05, 3.63) is 29.6 Å². The summed E-state index contributed by atoms with van der Waals surface area (Å²) in [5.41, 5.74) is 7.64. The van der Waals surface area contributed by atoms with Gasteiger partial charge in [0.05, 0.1) is 17.5 Å². The number of rotatable bonds is 5. The molecule has 0 bridgehead atoms. The quantitative estimate of drug-likeness (QED) is 0.860. The number of hydrogen-bond donors (Lipinski definition) is 1. The summed E-state index contributed by atoms with van der Waals surface area (Å²) in [6.07, 6.45) is 4.07. The minimum absolute atomic E-state index is 0.390. The molecule has 2 rings (SSSR count). The van der Waals surface area contributed by atoms with Crippen molar-refractivity contribution in [2.24, 2.45) is 5.73 Å². The van der Waals surface area contributed by atoms with Crippen molar-refractivity contribution in [2.45, 2.75) is 38.5 Å². The zero-order valence-corrected chi connectivity index (χ0v) is 11.1. The van der Waals surface area contributed by atoms with Gasteiger partial charge in [0.25, 0.3) is 0 Å². The monoisotopic (exact) mass is 249 g/mol. The van der Waals surface area contributed by atoms with Crippen LogP contribution in [0.25, 0.3) is 0 Å². The van der Waals surface area contributed by atoms with Gasteiger partial charge in [-0.05, 0) is 38.4 Å². The van der Waals surface area contributed by atoms with Crippen LogP contribution in [0.15, 0.2) is 18.2 Å². The summed E-state index contributed by atoms with van der Waals surface area (Å²) in [6.45, 7) is 3.25. The summed E-state index contributed by atoms with van der Waals surface area (Å²) in [7, 11) is 2.12. The molecule has 1 aliphatic heterocycles. The fourth-order valence-electron chi connectivity index (χ4n) is 2.37. The molecule has 100 valence electrons. The highest BCUT2D eigenvalue weighted by Crippen LogP contribution is 2.14. The Balaban J connectivity index is 1.83. The second-order valence-corrected chi connectivity index (χ2v) is 5.01. The lowest BCUT2D eigenvalue weighted by atomic mass is 10.1. The van der Waals surface area contributed by atoms with Crippen LogP contribution in [0.1, 0.15) is 30.7 Å². The molecule has 0 radical (unpaired) electrons. The lowest BCUT2D eigenvalue weighted by Gasteiger charge is -2.27. The molecule has 1 atom stereocenters. The molecule has 4 nitrogen and oxygen atoms in total. The zero-order valence-electron chi connectivity index (χ0n) is 11.1. The van der Waals surface area contributed by atoms with Gasteiger partial charge in [-0.15, -0.1) is 0 Å². The molecule has 0 amide bonds. The number of ether oxygens (including phenoxy) is 1. The molecule has 1 unspecified atom stereocenters. The Morgan fingerprint density at radius 2 is 2.22 bits per heavy atom. The average molecular weight is 249 g/mol. The van der Waals surface area contributed by atoms with Gasteiger partial charge in [0.15, 0.2) is 0 Å². The van der Waals surface area contributed by atoms with Crippen LogP contribution in [0.2, 0.25) is 0 Å². The molecule has 1 aromatic heterocycles. The zero-order chi connectivity index (χ0) is 12.8. The predicted octanol–water partition coefficient (Wildman–Crippen LogP) is 1.54. The normalized spacial score (nSPS) is 20.3. The molecule has 1 fully saturated rings. The molecule has 1 aliphatic rings. The van der Waals surface area contributed by atoms with E-state index in [9.17, 15) is 0 Å². The average Bonchev–Trinajstić information content (AvgIpc) is 2.40. The van der Waals surface area contributed by atoms with Crippen molar-refractivity contribution in [1.29, 1.82) is 0 Å². The van der Waals surface area contributed by atoms with E-state index in [4.69, 9.17) is 10.5 Å². The van der Waals surface area contributed by atoms with Crippen LogP contribution in [-0.2, 0) is 17.8 Å². The third-order valence-corrected chi connectivity index (χ3v) is 3.29. The summed E-state index contributed by atoms with van der Waals surface area (Å²) < 4.78 is 5.75. The fraction of sp³-hybridized carbons (Fsp3) is 0.643. The second kappa shape index (κ2) is 6.83. The summed E-state index contributed by atoms with van der Waals surface area (Å²) in [6, 6.07) is 6.04. The van der Waals surface area contributed by atoms with E-state index in [0.29, 0.717) is 12.6 Å². The van der Waals surface area contributed by atoms with E-state index in [2.05, 4.69) is 23.0 Å². The molecule has 4 heteroatoms. The topological polar surface area (TPSA) is 51.4 Å². The van der Waals surface area contributed by atoms with E-state index in [0.717, 1.165) is 31.1 Å². The van der Waals surface area contributed by atoms with Crippen LogP contribution < -0.4 is 5.73 Å². The van der Waals surface area contributed by atoms with Gasteiger partial charge >= 0.3 is 0 Å². The van der Waals surface area contributed by atoms with Gasteiger partial charge in [0.2, 0.25) is 0 Å². The molecule has 1 aromatic rings. The Morgan fingerprint density at radius 3 is 2.94 bits per heavy atom. The summed E-state index contributed by atoms with van der Waals surface area (Å²) in [4.78, 5) is 6.79. The van der Waals surface area contributed by atoms with Crippen LogP contribution in [0.3, 0.4) is 0 Å². The maximum Gasteiger partial charge on any atom is 0.0702 e. The smallest absolute Gasteiger partial charge is 0.0702 e. The Labute approximate surface area is 109 Å². The van der Waals surface area contributed by atoms with Gasteiger partial charge in [-0.25, -0.2) is 0 Å². The minimum Gasteiger partial charge on any atom is -0.377 e. The third-order valence-electron chi connectivity index (χ3n) is 3.29. The predicted molar refractivity (Wildman–Crippen MR) is 72.1 cm³/mol. The molecule has 18 heavy (non-hydrogen) atoms. The third kappa shape index (κ3) is 4.05. The molecule has 0 saturated carbocycles. The van der Waals surface area contributed by atoms with E-state index in [-0.39, 0.29) is 0 Å². The standard InChI is InChI=1S/C14H23N3O/c1-17(11-14-7-2-3-8-18-14)10-13-6-4-5-12(9-15)16-13/h4-6,14H,2-3,7-11,15H2,1H3. The Kier molecular flexibility index (Phi) is 5.11. The first-order valence-corrected chi connectivity index (χ1v) is 6.73. The molecular weight excluding hydrogens is 226 g/mol. The van der Waals surface area contributed by atoms with Crippen molar-refractivity contribution in [3.63, 3.8) is 0 Å². The Bertz CT molecular complexity index is 364. The first-order valence-electron chi connectivity index (χ1n) is 6.73. The van der Waals surface area contributed by atoms with E-state index < -0.39 is 0 Å². The maximum atomic E-state index is 5.75. The fourth-order valence-corrected chi connectivity index (χ4v) is 2.37. The number of nitrogens with two attached hydrogens (primary N) is 1. The first-order chi connectivity index (χ1) is 8.78. The van der Waals surface area contributed by atoms with Crippen LogP contribution in [0.4, 0.5) is 0 Å². The SMILES string of the molecule is CN(Cc1cccc(CN)n1)CC1CCCCO1. The lowest BCUT2D eigenvalue weighted by molar-refractivity contribution is -0.00275. The largest absolute Gasteiger partial charge is 0.377 e. The van der Waals surface area contributed by atoms with E-state index >= 15 is 0 Å². The lowest BCUT2D eigenvalue weighted by Crippen LogP contribution is -2.33. The van der Waals surface area contributed by atoms with Crippen molar-refractivity contribution >= 4 is 0 Å². The van der Waals surface area contributed by atoms with Crippen molar-refractivity contribution < 1.29 is 4.74 Å². The summed E-state index contributed by atoms with van der Waals surface area (Å²) >= 11 is 0. The number of aromatic nitrogens is 1. The van der Waals surface area contributed by atoms with E-state index in [1.54, 1.807) is 0 Å². The van der Waals surface area contributed by atoms with Crippen LogP contribution >= 0.6 is 0 Å². The first kappa shape index (κ1) is 13.5. The molecular formula is C14H23N3O. The molecule has 1 saturated heterocycles. The van der Waals surface area contributed by atoms with Gasteiger partial charge < -0.3 is 10.5 Å². The van der Waals surface area contributed by atoms with Gasteiger partial charge in [0, 0.05) is 26.2 Å². The minimum atomic E-state index is 0.390. The second-order valence-electron chi connectivity index (χ2n) is 5.01. The maximum absolute atomic E-state index is 5.75. The van der Waals surface area contributed by atoms with Gasteiger partial charge in [0.1, 0.15) is 0 Å². The molecule has 0 aliphatic carbocycles. The molecule has 0 spiro atoms. The highest BCUT2D eigenvalue weighted by Gasteiger charge is 2.16.